The van der Waals surface area contributed by atoms with Crippen molar-refractivity contribution in [1.29, 1.82) is 0 Å². The Kier molecular flexibility index (Phi) is 8.19. The smallest absolute Gasteiger partial charge is 0.435 e. The molecule has 0 fully saturated rings. The summed E-state index contributed by atoms with van der Waals surface area (Å²) in [5.74, 6) is -2.14. The lowest BCUT2D eigenvalue weighted by molar-refractivity contribution is -0.192. The van der Waals surface area contributed by atoms with Gasteiger partial charge < -0.3 is 9.47 Å². The lowest BCUT2D eigenvalue weighted by Gasteiger charge is -2.17. The summed E-state index contributed by atoms with van der Waals surface area (Å²) in [6, 6.07) is 8.51. The summed E-state index contributed by atoms with van der Waals surface area (Å²) in [5.41, 5.74) is 1.19. The minimum atomic E-state index is -3.86. The number of aromatic nitrogens is 2. The number of benzene rings is 2. The number of unbranched alkanes of at least 4 members (excludes halogenated alkanes) is 3. The molecule has 176 valence electrons. The van der Waals surface area contributed by atoms with E-state index in [-0.39, 0.29) is 11.3 Å². The van der Waals surface area contributed by atoms with Crippen molar-refractivity contribution in [3.05, 3.63) is 72.1 Å². The summed E-state index contributed by atoms with van der Waals surface area (Å²) < 4.78 is 76.9. The SMILES string of the molecule is CCCCCCc1cnc(C(F)(F)Oc2ccc(-c3ccc(OC(F)F)cc3)c(F)c2)nc1. The summed E-state index contributed by atoms with van der Waals surface area (Å²) in [4.78, 5) is 7.43. The maximum Gasteiger partial charge on any atom is 0.462 e. The number of hydrogen-bond acceptors (Lipinski definition) is 4. The van der Waals surface area contributed by atoms with E-state index in [4.69, 9.17) is 0 Å². The summed E-state index contributed by atoms with van der Waals surface area (Å²) in [6.07, 6.45) is 3.72. The van der Waals surface area contributed by atoms with Gasteiger partial charge in [-0.25, -0.2) is 14.4 Å². The molecule has 0 aliphatic rings. The zero-order valence-electron chi connectivity index (χ0n) is 17.9. The largest absolute Gasteiger partial charge is 0.462 e. The van der Waals surface area contributed by atoms with Crippen LogP contribution in [0.1, 0.15) is 44.0 Å². The molecule has 3 rings (SSSR count). The van der Waals surface area contributed by atoms with Gasteiger partial charge in [0, 0.05) is 24.0 Å². The number of alkyl halides is 4. The predicted molar refractivity (Wildman–Crippen MR) is 113 cm³/mol. The van der Waals surface area contributed by atoms with Crippen LogP contribution in [0.25, 0.3) is 11.1 Å². The van der Waals surface area contributed by atoms with Gasteiger partial charge in [-0.3, -0.25) is 0 Å². The van der Waals surface area contributed by atoms with Gasteiger partial charge in [0.1, 0.15) is 17.3 Å². The minimum absolute atomic E-state index is 0.0814. The Balaban J connectivity index is 1.67. The summed E-state index contributed by atoms with van der Waals surface area (Å²) in [7, 11) is 0. The highest BCUT2D eigenvalue weighted by molar-refractivity contribution is 5.65. The fourth-order valence-corrected chi connectivity index (χ4v) is 3.19. The molecule has 1 heterocycles. The molecule has 3 aromatic rings. The number of hydrogen-bond donors (Lipinski definition) is 0. The Morgan fingerprint density at radius 1 is 0.909 bits per heavy atom. The maximum absolute atomic E-state index is 14.5. The second-order valence-electron chi connectivity index (χ2n) is 7.39. The zero-order valence-corrected chi connectivity index (χ0v) is 17.9. The van der Waals surface area contributed by atoms with Crippen LogP contribution < -0.4 is 9.47 Å². The highest BCUT2D eigenvalue weighted by Gasteiger charge is 2.38. The third-order valence-corrected chi connectivity index (χ3v) is 4.86. The number of halogens is 5. The summed E-state index contributed by atoms with van der Waals surface area (Å²) in [6.45, 7) is -0.873. The standard InChI is InChI=1S/C24H23F5N2O2/c1-2-3-4-5-6-16-14-30-22(31-15-16)24(28,29)33-19-11-12-20(21(25)13-19)17-7-9-18(10-8-17)32-23(26)27/h7-15,23H,2-6H2,1H3. The highest BCUT2D eigenvalue weighted by atomic mass is 19.3. The number of ether oxygens (including phenoxy) is 2. The number of rotatable bonds is 11. The normalized spacial score (nSPS) is 11.6. The van der Waals surface area contributed by atoms with Gasteiger partial charge in [-0.05, 0) is 48.2 Å². The molecule has 2 aromatic carbocycles. The molecule has 0 saturated carbocycles. The van der Waals surface area contributed by atoms with E-state index >= 15 is 0 Å². The van der Waals surface area contributed by atoms with E-state index < -0.39 is 30.1 Å². The van der Waals surface area contributed by atoms with Crippen LogP contribution in [0.15, 0.2) is 54.9 Å². The minimum Gasteiger partial charge on any atom is -0.435 e. The first kappa shape index (κ1) is 24.4. The lowest BCUT2D eigenvalue weighted by Crippen LogP contribution is -2.25. The highest BCUT2D eigenvalue weighted by Crippen LogP contribution is 2.33. The quantitative estimate of drug-likeness (QED) is 0.223. The van der Waals surface area contributed by atoms with E-state index in [1.165, 1.54) is 48.8 Å². The van der Waals surface area contributed by atoms with Crippen LogP contribution >= 0.6 is 0 Å². The monoisotopic (exact) mass is 466 g/mol. The van der Waals surface area contributed by atoms with Gasteiger partial charge in [0.25, 0.3) is 0 Å². The molecular formula is C24H23F5N2O2. The average Bonchev–Trinajstić information content (AvgIpc) is 2.77. The molecule has 4 nitrogen and oxygen atoms in total. The van der Waals surface area contributed by atoms with Gasteiger partial charge in [-0.2, -0.15) is 17.6 Å². The van der Waals surface area contributed by atoms with Crippen molar-refractivity contribution in [1.82, 2.24) is 9.97 Å². The van der Waals surface area contributed by atoms with Crippen molar-refractivity contribution in [3.63, 3.8) is 0 Å². The maximum atomic E-state index is 14.5. The second-order valence-corrected chi connectivity index (χ2v) is 7.39. The molecule has 0 saturated heterocycles. The van der Waals surface area contributed by atoms with Crippen molar-refractivity contribution < 1.29 is 31.4 Å². The Morgan fingerprint density at radius 2 is 1.58 bits per heavy atom. The van der Waals surface area contributed by atoms with Gasteiger partial charge in [-0.15, -0.1) is 0 Å². The van der Waals surface area contributed by atoms with Crippen molar-refractivity contribution >= 4 is 0 Å². The van der Waals surface area contributed by atoms with Gasteiger partial charge in [0.05, 0.1) is 0 Å². The van der Waals surface area contributed by atoms with Crippen LogP contribution in [-0.2, 0) is 12.5 Å². The van der Waals surface area contributed by atoms with E-state index in [9.17, 15) is 22.0 Å². The molecule has 0 atom stereocenters. The van der Waals surface area contributed by atoms with E-state index in [2.05, 4.69) is 26.4 Å². The Hall–Kier alpha value is -3.23. The molecular weight excluding hydrogens is 443 g/mol. The van der Waals surface area contributed by atoms with Gasteiger partial charge >= 0.3 is 12.7 Å². The predicted octanol–water partition coefficient (Wildman–Crippen LogP) is 7.14. The molecule has 0 spiro atoms. The lowest BCUT2D eigenvalue weighted by atomic mass is 10.0. The average molecular weight is 466 g/mol. The van der Waals surface area contributed by atoms with Crippen molar-refractivity contribution in [2.24, 2.45) is 0 Å². The Morgan fingerprint density at radius 3 is 2.18 bits per heavy atom. The fraction of sp³-hybridized carbons (Fsp3) is 0.333. The van der Waals surface area contributed by atoms with Crippen molar-refractivity contribution in [2.45, 2.75) is 51.7 Å². The van der Waals surface area contributed by atoms with Gasteiger partial charge in [0.15, 0.2) is 0 Å². The fourth-order valence-electron chi connectivity index (χ4n) is 3.19. The van der Waals surface area contributed by atoms with Crippen LogP contribution in [0.2, 0.25) is 0 Å². The first-order valence-electron chi connectivity index (χ1n) is 10.5. The molecule has 0 aliphatic carbocycles. The molecule has 1 aromatic heterocycles. The molecule has 0 radical (unpaired) electrons. The second kappa shape index (κ2) is 11.1. The van der Waals surface area contributed by atoms with E-state index in [0.717, 1.165) is 37.3 Å². The molecule has 33 heavy (non-hydrogen) atoms. The van der Waals surface area contributed by atoms with E-state index in [1.54, 1.807) is 0 Å². The number of nitrogens with zero attached hydrogens (tertiary/aromatic N) is 2. The summed E-state index contributed by atoms with van der Waals surface area (Å²) in [5, 5.41) is 0. The third kappa shape index (κ3) is 6.87. The molecule has 0 amide bonds. The van der Waals surface area contributed by atoms with Crippen LogP contribution in [0.5, 0.6) is 11.5 Å². The molecule has 0 unspecified atom stereocenters. The molecule has 9 heteroatoms. The van der Waals surface area contributed by atoms with Crippen LogP contribution in [0.4, 0.5) is 22.0 Å². The van der Waals surface area contributed by atoms with Crippen molar-refractivity contribution in [3.8, 4) is 22.6 Å². The Bertz CT molecular complexity index is 1030. The first-order valence-corrected chi connectivity index (χ1v) is 10.5. The Labute approximate surface area is 188 Å². The van der Waals surface area contributed by atoms with E-state index in [0.29, 0.717) is 12.0 Å². The van der Waals surface area contributed by atoms with Crippen LogP contribution in [0, 0.1) is 5.82 Å². The molecule has 0 aliphatic heterocycles. The molecule has 0 N–H and O–H groups in total. The zero-order chi connectivity index (χ0) is 23.8. The van der Waals surface area contributed by atoms with Gasteiger partial charge in [-0.1, -0.05) is 38.3 Å². The van der Waals surface area contributed by atoms with Crippen LogP contribution in [-0.4, -0.2) is 16.6 Å². The topological polar surface area (TPSA) is 44.2 Å². The van der Waals surface area contributed by atoms with Gasteiger partial charge in [0.2, 0.25) is 5.82 Å². The summed E-state index contributed by atoms with van der Waals surface area (Å²) >= 11 is 0. The first-order chi connectivity index (χ1) is 15.8. The third-order valence-electron chi connectivity index (χ3n) is 4.86. The van der Waals surface area contributed by atoms with E-state index in [1.807, 2.05) is 0 Å². The van der Waals surface area contributed by atoms with Crippen molar-refractivity contribution in [2.75, 3.05) is 0 Å². The van der Waals surface area contributed by atoms with Crippen LogP contribution in [0.3, 0.4) is 0 Å². The molecule has 0 bridgehead atoms. The number of aryl methyl sites for hydroxylation is 1.